The van der Waals surface area contributed by atoms with Crippen LogP contribution in [0.3, 0.4) is 0 Å². The molecule has 2 aromatic rings. The number of rotatable bonds is 4. The summed E-state index contributed by atoms with van der Waals surface area (Å²) in [6.07, 6.45) is 1.73. The zero-order chi connectivity index (χ0) is 18.6. The molecular formula is C17H20N2O5S2. The minimum atomic E-state index is -3.58. The highest BCUT2D eigenvalue weighted by molar-refractivity contribution is 7.99. The molecular weight excluding hydrogens is 376 g/mol. The van der Waals surface area contributed by atoms with Crippen molar-refractivity contribution in [2.45, 2.75) is 16.6 Å². The third-order valence-electron chi connectivity index (χ3n) is 4.08. The van der Waals surface area contributed by atoms with Crippen LogP contribution in [0, 0.1) is 0 Å². The van der Waals surface area contributed by atoms with Crippen molar-refractivity contribution in [2.75, 3.05) is 31.3 Å². The lowest BCUT2D eigenvalue weighted by atomic mass is 10.2. The van der Waals surface area contributed by atoms with Crippen LogP contribution in [0.1, 0.15) is 17.4 Å². The van der Waals surface area contributed by atoms with Crippen LogP contribution < -0.4 is 5.32 Å². The summed E-state index contributed by atoms with van der Waals surface area (Å²) in [5, 5.41) is 2.66. The highest BCUT2D eigenvalue weighted by atomic mass is 32.2. The topological polar surface area (TPSA) is 88.8 Å². The Labute approximate surface area is 156 Å². The number of sulfonamides is 1. The van der Waals surface area contributed by atoms with Crippen molar-refractivity contribution >= 4 is 33.6 Å². The molecule has 3 rings (SSSR count). The molecule has 0 spiro atoms. The Bertz CT molecular complexity index is 835. The van der Waals surface area contributed by atoms with Crippen LogP contribution >= 0.6 is 11.8 Å². The second kappa shape index (κ2) is 8.15. The van der Waals surface area contributed by atoms with E-state index in [4.69, 9.17) is 4.42 Å². The maximum Gasteiger partial charge on any atom is 0.411 e. The number of nitrogens with one attached hydrogen (secondary N) is 1. The highest BCUT2D eigenvalue weighted by Gasteiger charge is 2.29. The lowest BCUT2D eigenvalue weighted by Gasteiger charge is -2.20. The van der Waals surface area contributed by atoms with E-state index in [0.717, 1.165) is 5.76 Å². The molecule has 1 unspecified atom stereocenters. The molecule has 9 heteroatoms. The number of hydrogen-bond acceptors (Lipinski definition) is 6. The van der Waals surface area contributed by atoms with Gasteiger partial charge in [0.05, 0.1) is 23.5 Å². The van der Waals surface area contributed by atoms with Crippen molar-refractivity contribution in [3.63, 3.8) is 0 Å². The number of methoxy groups -OCH3 is 1. The van der Waals surface area contributed by atoms with E-state index in [1.54, 1.807) is 30.2 Å². The third-order valence-corrected chi connectivity index (χ3v) is 7.29. The highest BCUT2D eigenvalue weighted by Crippen LogP contribution is 2.35. The summed E-state index contributed by atoms with van der Waals surface area (Å²) in [6, 6.07) is 9.84. The first-order valence-corrected chi connectivity index (χ1v) is 10.6. The Morgan fingerprint density at radius 1 is 1.27 bits per heavy atom. The quantitative estimate of drug-likeness (QED) is 0.853. The maximum atomic E-state index is 12.9. The van der Waals surface area contributed by atoms with E-state index >= 15 is 0 Å². The first-order chi connectivity index (χ1) is 12.5. The standard InChI is InChI=1S/C17H20N2O5S2/c1-23-17(20)18-13-4-6-14(7-5-13)26(21,22)19-9-8-16(25-12-10-19)15-3-2-11-24-15/h2-7,11,16H,8-10,12H2,1H3,(H,18,20). The van der Waals surface area contributed by atoms with Crippen molar-refractivity contribution in [2.24, 2.45) is 0 Å². The molecule has 1 aromatic carbocycles. The number of anilines is 1. The van der Waals surface area contributed by atoms with E-state index in [1.807, 2.05) is 12.1 Å². The summed E-state index contributed by atoms with van der Waals surface area (Å²) < 4.78 is 37.3. The summed E-state index contributed by atoms with van der Waals surface area (Å²) in [5.41, 5.74) is 0.472. The van der Waals surface area contributed by atoms with Gasteiger partial charge in [0.1, 0.15) is 5.76 Å². The van der Waals surface area contributed by atoms with Crippen LogP contribution in [0.25, 0.3) is 0 Å². The first kappa shape index (κ1) is 18.8. The van der Waals surface area contributed by atoms with Crippen LogP contribution in [0.4, 0.5) is 10.5 Å². The van der Waals surface area contributed by atoms with Gasteiger partial charge in [-0.1, -0.05) is 0 Å². The van der Waals surface area contributed by atoms with Gasteiger partial charge in [0.15, 0.2) is 0 Å². The number of nitrogens with zero attached hydrogens (tertiary/aromatic N) is 1. The van der Waals surface area contributed by atoms with E-state index < -0.39 is 16.1 Å². The summed E-state index contributed by atoms with van der Waals surface area (Å²) >= 11 is 1.71. The van der Waals surface area contributed by atoms with Crippen LogP contribution in [-0.4, -0.2) is 44.8 Å². The summed E-state index contributed by atoms with van der Waals surface area (Å²) in [4.78, 5) is 11.4. The number of carbonyl (C=O) groups excluding carboxylic acids is 1. The lowest BCUT2D eigenvalue weighted by Crippen LogP contribution is -2.33. The van der Waals surface area contributed by atoms with Gasteiger partial charge >= 0.3 is 6.09 Å². The van der Waals surface area contributed by atoms with Gasteiger partial charge in [-0.3, -0.25) is 5.32 Å². The van der Waals surface area contributed by atoms with Gasteiger partial charge in [0.25, 0.3) is 0 Å². The molecule has 1 aromatic heterocycles. The number of carbonyl (C=O) groups is 1. The van der Waals surface area contributed by atoms with Gasteiger partial charge < -0.3 is 9.15 Å². The largest absolute Gasteiger partial charge is 0.468 e. The van der Waals surface area contributed by atoms with Crippen LogP contribution in [0.5, 0.6) is 0 Å². The minimum absolute atomic E-state index is 0.164. The van der Waals surface area contributed by atoms with Crippen LogP contribution in [-0.2, 0) is 14.8 Å². The monoisotopic (exact) mass is 396 g/mol. The number of benzene rings is 1. The van der Waals surface area contributed by atoms with E-state index in [-0.39, 0.29) is 10.1 Å². The lowest BCUT2D eigenvalue weighted by molar-refractivity contribution is 0.187. The fourth-order valence-electron chi connectivity index (χ4n) is 2.72. The van der Waals surface area contributed by atoms with E-state index in [2.05, 4.69) is 10.1 Å². The maximum absolute atomic E-state index is 12.9. The Morgan fingerprint density at radius 2 is 2.04 bits per heavy atom. The van der Waals surface area contributed by atoms with Crippen molar-refractivity contribution in [1.29, 1.82) is 0 Å². The van der Waals surface area contributed by atoms with Gasteiger partial charge in [0.2, 0.25) is 10.0 Å². The Kier molecular flexibility index (Phi) is 5.90. The molecule has 2 heterocycles. The fraction of sp³-hybridized carbons (Fsp3) is 0.353. The number of furan rings is 1. The molecule has 1 amide bonds. The molecule has 1 aliphatic heterocycles. The minimum Gasteiger partial charge on any atom is -0.468 e. The average Bonchev–Trinajstić information content (AvgIpc) is 3.06. The van der Waals surface area contributed by atoms with E-state index in [0.29, 0.717) is 31.0 Å². The summed E-state index contributed by atoms with van der Waals surface area (Å²) in [7, 11) is -2.32. The number of hydrogen-bond donors (Lipinski definition) is 1. The number of thioether (sulfide) groups is 1. The predicted octanol–water partition coefficient (Wildman–Crippen LogP) is 3.33. The Morgan fingerprint density at radius 3 is 2.69 bits per heavy atom. The summed E-state index contributed by atoms with van der Waals surface area (Å²) in [6.45, 7) is 0.884. The van der Waals surface area contributed by atoms with Crippen molar-refractivity contribution < 1.29 is 22.4 Å². The molecule has 1 N–H and O–H groups in total. The number of ether oxygens (including phenoxy) is 1. The van der Waals surface area contributed by atoms with Crippen molar-refractivity contribution in [3.05, 3.63) is 48.4 Å². The zero-order valence-corrected chi connectivity index (χ0v) is 15.9. The smallest absolute Gasteiger partial charge is 0.411 e. The molecule has 0 bridgehead atoms. The average molecular weight is 396 g/mol. The molecule has 0 saturated carbocycles. The van der Waals surface area contributed by atoms with E-state index in [9.17, 15) is 13.2 Å². The molecule has 0 aliphatic carbocycles. The summed E-state index contributed by atoms with van der Waals surface area (Å²) in [5.74, 6) is 1.58. The van der Waals surface area contributed by atoms with Crippen LogP contribution in [0.2, 0.25) is 0 Å². The SMILES string of the molecule is COC(=O)Nc1ccc(S(=O)(=O)N2CCSC(c3ccco3)CC2)cc1. The van der Waals surface area contributed by atoms with Crippen molar-refractivity contribution in [3.8, 4) is 0 Å². The van der Waals surface area contributed by atoms with Gasteiger partial charge in [-0.2, -0.15) is 4.31 Å². The third kappa shape index (κ3) is 4.22. The van der Waals surface area contributed by atoms with Gasteiger partial charge in [-0.25, -0.2) is 13.2 Å². The fourth-order valence-corrected chi connectivity index (χ4v) is 5.47. The van der Waals surface area contributed by atoms with Crippen molar-refractivity contribution in [1.82, 2.24) is 4.31 Å². The Hall–Kier alpha value is -1.97. The predicted molar refractivity (Wildman–Crippen MR) is 99.8 cm³/mol. The van der Waals surface area contributed by atoms with Gasteiger partial charge in [0, 0.05) is 24.5 Å². The second-order valence-corrected chi connectivity index (χ2v) is 8.96. The second-order valence-electron chi connectivity index (χ2n) is 5.71. The molecule has 7 nitrogen and oxygen atoms in total. The first-order valence-electron chi connectivity index (χ1n) is 8.11. The molecule has 1 atom stereocenters. The normalized spacial score (nSPS) is 18.9. The Balaban J connectivity index is 1.70. The molecule has 1 fully saturated rings. The van der Waals surface area contributed by atoms with Gasteiger partial charge in [-0.15, -0.1) is 11.8 Å². The molecule has 26 heavy (non-hydrogen) atoms. The molecule has 1 saturated heterocycles. The van der Waals surface area contributed by atoms with E-state index in [1.165, 1.54) is 23.5 Å². The molecule has 1 aliphatic rings. The van der Waals surface area contributed by atoms with Gasteiger partial charge in [-0.05, 0) is 42.8 Å². The van der Waals surface area contributed by atoms with Crippen LogP contribution in [0.15, 0.2) is 52.0 Å². The molecule has 140 valence electrons. The molecule has 0 radical (unpaired) electrons. The zero-order valence-electron chi connectivity index (χ0n) is 14.3. The number of amides is 1.